The van der Waals surface area contributed by atoms with Gasteiger partial charge in [0, 0.05) is 31.7 Å². The molecular weight excluding hydrogens is 410 g/mol. The summed E-state index contributed by atoms with van der Waals surface area (Å²) in [5, 5.41) is 0. The number of hydrogen-bond donors (Lipinski definition) is 0. The van der Waals surface area contributed by atoms with E-state index in [2.05, 4.69) is 9.89 Å². The molecule has 0 aromatic heterocycles. The molecule has 0 saturated carbocycles. The van der Waals surface area contributed by atoms with E-state index < -0.39 is 5.82 Å². The standard InChI is InChI=1S/C25H22F2N4O/c26-18-6-5-7-19(16-18)28-24-20-8-1-3-10-22(20)31(25(24)32)17-29-12-14-30(15-13-29)23-11-4-2-9-21(23)27/h1-11,16H,12-15,17H2. The molecule has 7 heteroatoms. The molecule has 32 heavy (non-hydrogen) atoms. The lowest BCUT2D eigenvalue weighted by molar-refractivity contribution is -0.112. The van der Waals surface area contributed by atoms with Crippen molar-refractivity contribution in [2.24, 2.45) is 4.99 Å². The van der Waals surface area contributed by atoms with Gasteiger partial charge in [0.1, 0.15) is 17.3 Å². The van der Waals surface area contributed by atoms with Crippen LogP contribution < -0.4 is 9.80 Å². The van der Waals surface area contributed by atoms with Gasteiger partial charge >= 0.3 is 0 Å². The number of carbonyl (C=O) groups excluding carboxylic acids is 1. The molecule has 3 aromatic rings. The van der Waals surface area contributed by atoms with E-state index in [0.717, 1.165) is 11.3 Å². The highest BCUT2D eigenvalue weighted by Crippen LogP contribution is 2.31. The summed E-state index contributed by atoms with van der Waals surface area (Å²) < 4.78 is 27.7. The Balaban J connectivity index is 1.34. The van der Waals surface area contributed by atoms with Gasteiger partial charge in [0.25, 0.3) is 5.91 Å². The van der Waals surface area contributed by atoms with E-state index in [1.54, 1.807) is 29.2 Å². The third-order valence-electron chi connectivity index (χ3n) is 5.85. The maximum absolute atomic E-state index is 14.1. The number of amides is 1. The molecule has 0 atom stereocenters. The van der Waals surface area contributed by atoms with Crippen LogP contribution in [0.1, 0.15) is 5.56 Å². The van der Waals surface area contributed by atoms with Crippen molar-refractivity contribution in [3.8, 4) is 0 Å². The summed E-state index contributed by atoms with van der Waals surface area (Å²) in [5.74, 6) is -0.815. The quantitative estimate of drug-likeness (QED) is 0.620. The number of fused-ring (bicyclic) bond motifs is 1. The molecule has 162 valence electrons. The second-order valence-electron chi connectivity index (χ2n) is 7.89. The van der Waals surface area contributed by atoms with E-state index in [4.69, 9.17) is 0 Å². The maximum Gasteiger partial charge on any atom is 0.278 e. The molecule has 1 saturated heterocycles. The Bertz CT molecular complexity index is 1190. The van der Waals surface area contributed by atoms with Crippen LogP contribution in [-0.4, -0.2) is 49.4 Å². The largest absolute Gasteiger partial charge is 0.367 e. The van der Waals surface area contributed by atoms with E-state index in [1.165, 1.54) is 18.2 Å². The number of aliphatic imine (C=N–C) groups is 1. The number of anilines is 2. The molecule has 0 unspecified atom stereocenters. The monoisotopic (exact) mass is 432 g/mol. The molecule has 2 aliphatic heterocycles. The third-order valence-corrected chi connectivity index (χ3v) is 5.85. The van der Waals surface area contributed by atoms with E-state index in [-0.39, 0.29) is 11.7 Å². The van der Waals surface area contributed by atoms with Crippen LogP contribution in [0.5, 0.6) is 0 Å². The summed E-state index contributed by atoms with van der Waals surface area (Å²) in [6.07, 6.45) is 0. The fraction of sp³-hybridized carbons (Fsp3) is 0.200. The van der Waals surface area contributed by atoms with Crippen molar-refractivity contribution in [2.75, 3.05) is 42.6 Å². The van der Waals surface area contributed by atoms with Crippen LogP contribution in [0.3, 0.4) is 0 Å². The summed E-state index contributed by atoms with van der Waals surface area (Å²) in [7, 11) is 0. The van der Waals surface area contributed by atoms with E-state index in [0.29, 0.717) is 49.9 Å². The van der Waals surface area contributed by atoms with Crippen LogP contribution in [0.4, 0.5) is 25.8 Å². The minimum atomic E-state index is -0.393. The molecule has 0 spiro atoms. The Kier molecular flexibility index (Phi) is 5.41. The third kappa shape index (κ3) is 3.87. The molecule has 0 bridgehead atoms. The molecule has 3 aromatic carbocycles. The van der Waals surface area contributed by atoms with Crippen molar-refractivity contribution >= 4 is 28.7 Å². The highest BCUT2D eigenvalue weighted by molar-refractivity contribution is 6.54. The Morgan fingerprint density at radius 3 is 2.28 bits per heavy atom. The Morgan fingerprint density at radius 1 is 0.812 bits per heavy atom. The predicted octanol–water partition coefficient (Wildman–Crippen LogP) is 4.21. The first kappa shape index (κ1) is 20.3. The first-order valence-corrected chi connectivity index (χ1v) is 10.6. The number of halogens is 2. The molecule has 0 radical (unpaired) electrons. The van der Waals surface area contributed by atoms with Crippen molar-refractivity contribution in [3.63, 3.8) is 0 Å². The van der Waals surface area contributed by atoms with Gasteiger partial charge in [-0.2, -0.15) is 0 Å². The zero-order valence-electron chi connectivity index (χ0n) is 17.4. The molecule has 1 fully saturated rings. The lowest BCUT2D eigenvalue weighted by Crippen LogP contribution is -2.51. The van der Waals surface area contributed by atoms with Crippen LogP contribution in [0.2, 0.25) is 0 Å². The smallest absolute Gasteiger partial charge is 0.278 e. The number of para-hydroxylation sites is 2. The Morgan fingerprint density at radius 2 is 1.53 bits per heavy atom. The second-order valence-corrected chi connectivity index (χ2v) is 7.89. The van der Waals surface area contributed by atoms with Crippen molar-refractivity contribution in [2.45, 2.75) is 0 Å². The fourth-order valence-corrected chi connectivity index (χ4v) is 4.22. The average Bonchev–Trinajstić information content (AvgIpc) is 3.06. The van der Waals surface area contributed by atoms with Crippen LogP contribution in [0.25, 0.3) is 0 Å². The number of nitrogens with zero attached hydrogens (tertiary/aromatic N) is 4. The normalized spacial score (nSPS) is 17.8. The lowest BCUT2D eigenvalue weighted by atomic mass is 10.1. The van der Waals surface area contributed by atoms with Gasteiger partial charge in [0.2, 0.25) is 0 Å². The number of hydrogen-bond acceptors (Lipinski definition) is 4. The molecule has 0 N–H and O–H groups in total. The van der Waals surface area contributed by atoms with E-state index >= 15 is 0 Å². The highest BCUT2D eigenvalue weighted by Gasteiger charge is 2.35. The van der Waals surface area contributed by atoms with Gasteiger partial charge < -0.3 is 4.90 Å². The maximum atomic E-state index is 14.1. The summed E-state index contributed by atoms with van der Waals surface area (Å²) in [5.41, 5.74) is 2.87. The second kappa shape index (κ2) is 8.51. The van der Waals surface area contributed by atoms with Crippen molar-refractivity contribution in [3.05, 3.63) is 90.0 Å². The van der Waals surface area contributed by atoms with Gasteiger partial charge in [-0.15, -0.1) is 0 Å². The summed E-state index contributed by atoms with van der Waals surface area (Å²) in [6.45, 7) is 3.18. The predicted molar refractivity (Wildman–Crippen MR) is 122 cm³/mol. The lowest BCUT2D eigenvalue weighted by Gasteiger charge is -2.37. The highest BCUT2D eigenvalue weighted by atomic mass is 19.1. The van der Waals surface area contributed by atoms with Gasteiger partial charge in [0.05, 0.1) is 23.7 Å². The zero-order valence-corrected chi connectivity index (χ0v) is 17.4. The van der Waals surface area contributed by atoms with Crippen molar-refractivity contribution < 1.29 is 13.6 Å². The Labute approximate surface area is 185 Å². The molecule has 1 amide bonds. The van der Waals surface area contributed by atoms with Gasteiger partial charge in [-0.1, -0.05) is 36.4 Å². The minimum absolute atomic E-state index is 0.202. The first-order chi connectivity index (χ1) is 15.6. The van der Waals surface area contributed by atoms with Crippen molar-refractivity contribution in [1.82, 2.24) is 4.90 Å². The first-order valence-electron chi connectivity index (χ1n) is 10.6. The molecule has 2 heterocycles. The summed E-state index contributed by atoms with van der Waals surface area (Å²) in [6, 6.07) is 20.2. The Hall–Kier alpha value is -3.58. The SMILES string of the molecule is O=C1C(=Nc2cccc(F)c2)c2ccccc2N1CN1CCN(c2ccccc2F)CC1. The molecular formula is C25H22F2N4O. The van der Waals surface area contributed by atoms with Gasteiger partial charge in [-0.05, 0) is 36.4 Å². The molecule has 5 rings (SSSR count). The van der Waals surface area contributed by atoms with Crippen LogP contribution >= 0.6 is 0 Å². The summed E-state index contributed by atoms with van der Waals surface area (Å²) in [4.78, 5) is 23.7. The van der Waals surface area contributed by atoms with Crippen molar-refractivity contribution in [1.29, 1.82) is 0 Å². The van der Waals surface area contributed by atoms with Gasteiger partial charge in [-0.25, -0.2) is 13.8 Å². The topological polar surface area (TPSA) is 39.2 Å². The molecule has 2 aliphatic rings. The van der Waals surface area contributed by atoms with Crippen LogP contribution in [0.15, 0.2) is 77.8 Å². The fourth-order valence-electron chi connectivity index (χ4n) is 4.22. The number of piperazine rings is 1. The molecule has 0 aliphatic carbocycles. The van der Waals surface area contributed by atoms with Gasteiger partial charge in [0.15, 0.2) is 0 Å². The minimum Gasteiger partial charge on any atom is -0.367 e. The zero-order chi connectivity index (χ0) is 22.1. The van der Waals surface area contributed by atoms with E-state index in [1.807, 2.05) is 35.2 Å². The molecule has 5 nitrogen and oxygen atoms in total. The number of benzene rings is 3. The number of carbonyl (C=O) groups is 1. The van der Waals surface area contributed by atoms with E-state index in [9.17, 15) is 13.6 Å². The van der Waals surface area contributed by atoms with Gasteiger partial charge in [-0.3, -0.25) is 14.6 Å². The summed E-state index contributed by atoms with van der Waals surface area (Å²) >= 11 is 0. The average molecular weight is 432 g/mol. The van der Waals surface area contributed by atoms with Crippen LogP contribution in [0, 0.1) is 11.6 Å². The number of rotatable bonds is 4. The van der Waals surface area contributed by atoms with Crippen LogP contribution in [-0.2, 0) is 4.79 Å².